The summed E-state index contributed by atoms with van der Waals surface area (Å²) in [6.07, 6.45) is 7.57. The Morgan fingerprint density at radius 2 is 2.03 bits per heavy atom. The molecule has 2 N–H and O–H groups in total. The number of hydrogen-bond acceptors (Lipinski definition) is 4. The summed E-state index contributed by atoms with van der Waals surface area (Å²) in [5.74, 6) is 3.38. The van der Waals surface area contributed by atoms with Gasteiger partial charge in [0.15, 0.2) is 5.96 Å². The molecule has 8 heteroatoms. The van der Waals surface area contributed by atoms with Gasteiger partial charge in [-0.3, -0.25) is 9.20 Å². The number of nitrogens with zero attached hydrogens (tertiary/aromatic N) is 1. The topological polar surface area (TPSA) is 75.9 Å². The molecule has 6 nitrogen and oxygen atoms in total. The highest BCUT2D eigenvalue weighted by molar-refractivity contribution is 14.0. The van der Waals surface area contributed by atoms with Gasteiger partial charge in [0.05, 0.1) is 13.4 Å². The predicted molar refractivity (Wildman–Crippen MR) is 143 cm³/mol. The Morgan fingerprint density at radius 3 is 2.72 bits per heavy atom. The maximum Gasteiger partial charge on any atom is 0.191 e. The second-order valence-electron chi connectivity index (χ2n) is 7.88. The number of hydrogen-bond donors (Lipinski definition) is 2. The summed E-state index contributed by atoms with van der Waals surface area (Å²) in [4.78, 5) is 4.78. The van der Waals surface area contributed by atoms with E-state index >= 15 is 0 Å². The zero-order valence-electron chi connectivity index (χ0n) is 19.0. The van der Waals surface area contributed by atoms with Crippen molar-refractivity contribution >= 4 is 40.7 Å². The van der Waals surface area contributed by atoms with E-state index in [1.54, 1.807) is 13.4 Å². The zero-order valence-corrected chi connectivity index (χ0v) is 22.2. The first-order valence-electron chi connectivity index (χ1n) is 11.2. The molecule has 178 valence electrons. The van der Waals surface area contributed by atoms with Crippen LogP contribution in [0.1, 0.15) is 43.9 Å². The van der Waals surface area contributed by atoms with Crippen molar-refractivity contribution in [3.8, 4) is 5.75 Å². The van der Waals surface area contributed by atoms with Crippen molar-refractivity contribution in [3.05, 3.63) is 54.0 Å². The van der Waals surface area contributed by atoms with Crippen molar-refractivity contribution in [1.82, 2.24) is 10.6 Å². The molecule has 1 fully saturated rings. The Labute approximate surface area is 211 Å². The number of ether oxygens (including phenoxy) is 1. The molecule has 3 unspecified atom stereocenters. The normalized spacial score (nSPS) is 19.6. The van der Waals surface area contributed by atoms with Gasteiger partial charge in [0, 0.05) is 47.4 Å². The number of halogens is 1. The molecule has 1 aliphatic rings. The third kappa shape index (κ3) is 8.77. The number of benzene rings is 1. The van der Waals surface area contributed by atoms with Gasteiger partial charge in [-0.05, 0) is 55.5 Å². The fourth-order valence-electron chi connectivity index (χ4n) is 3.95. The van der Waals surface area contributed by atoms with Crippen LogP contribution in [-0.4, -0.2) is 47.4 Å². The van der Waals surface area contributed by atoms with Crippen molar-refractivity contribution in [2.45, 2.75) is 56.7 Å². The number of nitrogens with one attached hydrogen (secondary N) is 2. The zero-order chi connectivity index (χ0) is 21.9. The van der Waals surface area contributed by atoms with Gasteiger partial charge in [0.1, 0.15) is 11.5 Å². The largest absolute Gasteiger partial charge is 0.497 e. The Morgan fingerprint density at radius 1 is 1.22 bits per heavy atom. The van der Waals surface area contributed by atoms with Crippen LogP contribution >= 0.6 is 24.0 Å². The van der Waals surface area contributed by atoms with Crippen LogP contribution in [0.5, 0.6) is 5.75 Å². The molecule has 1 saturated carbocycles. The van der Waals surface area contributed by atoms with Gasteiger partial charge in [0.2, 0.25) is 0 Å². The lowest BCUT2D eigenvalue weighted by atomic mass is 9.95. The highest BCUT2D eigenvalue weighted by Gasteiger charge is 2.26. The Kier molecular flexibility index (Phi) is 12.2. The SMILES string of the molecule is CCS(=O)C1CCCC(NC(=NCCc2ccco2)NCCc2ccc(OC)cc2)C1.I. The van der Waals surface area contributed by atoms with E-state index in [1.807, 2.05) is 31.2 Å². The number of furan rings is 1. The van der Waals surface area contributed by atoms with Gasteiger partial charge in [-0.1, -0.05) is 25.5 Å². The monoisotopic (exact) mass is 573 g/mol. The summed E-state index contributed by atoms with van der Waals surface area (Å²) < 4.78 is 22.9. The average molecular weight is 574 g/mol. The summed E-state index contributed by atoms with van der Waals surface area (Å²) in [6.45, 7) is 3.45. The molecule has 2 aromatic rings. The maximum absolute atomic E-state index is 12.3. The lowest BCUT2D eigenvalue weighted by Gasteiger charge is -2.30. The first-order chi connectivity index (χ1) is 15.2. The minimum absolute atomic E-state index is 0. The fourth-order valence-corrected chi connectivity index (χ4v) is 5.29. The maximum atomic E-state index is 12.3. The van der Waals surface area contributed by atoms with E-state index in [4.69, 9.17) is 14.1 Å². The number of rotatable bonds is 10. The molecule has 3 atom stereocenters. The standard InChI is InChI=1S/C24H35N3O3S.HI/c1-3-31(28)23-8-4-6-20(18-23)27-24(26-16-14-22-7-5-17-30-22)25-15-13-19-9-11-21(29-2)12-10-19;/h5,7,9-12,17,20,23H,3-4,6,8,13-16,18H2,1-2H3,(H2,25,26,27);1H. The third-order valence-corrected chi connectivity index (χ3v) is 7.44. The molecule has 32 heavy (non-hydrogen) atoms. The molecule has 0 amide bonds. The van der Waals surface area contributed by atoms with Gasteiger partial charge >= 0.3 is 0 Å². The van der Waals surface area contributed by atoms with Crippen molar-refractivity contribution in [2.75, 3.05) is 26.0 Å². The second-order valence-corrected chi connectivity index (χ2v) is 9.89. The molecule has 0 bridgehead atoms. The summed E-state index contributed by atoms with van der Waals surface area (Å²) >= 11 is 0. The Bertz CT molecular complexity index is 828. The molecule has 3 rings (SSSR count). The van der Waals surface area contributed by atoms with E-state index in [2.05, 4.69) is 22.8 Å². The summed E-state index contributed by atoms with van der Waals surface area (Å²) in [5.41, 5.74) is 1.25. The number of guanidine groups is 1. The van der Waals surface area contributed by atoms with Crippen LogP contribution in [0, 0.1) is 0 Å². The van der Waals surface area contributed by atoms with Crippen LogP contribution < -0.4 is 15.4 Å². The Hall–Kier alpha value is -1.55. The number of aliphatic imine (C=N–C) groups is 1. The molecule has 0 aliphatic heterocycles. The van der Waals surface area contributed by atoms with E-state index in [0.29, 0.717) is 17.8 Å². The molecule has 0 radical (unpaired) electrons. The van der Waals surface area contributed by atoms with Crippen molar-refractivity contribution < 1.29 is 13.4 Å². The molecule has 1 heterocycles. The summed E-state index contributed by atoms with van der Waals surface area (Å²) in [7, 11) is 0.949. The molecule has 0 spiro atoms. The lowest BCUT2D eigenvalue weighted by molar-refractivity contribution is 0.413. The third-order valence-electron chi connectivity index (χ3n) is 5.70. The molecular weight excluding hydrogens is 537 g/mol. The van der Waals surface area contributed by atoms with E-state index in [1.165, 1.54) is 5.56 Å². The van der Waals surface area contributed by atoms with Gasteiger partial charge in [0.25, 0.3) is 0 Å². The molecule has 0 saturated heterocycles. The van der Waals surface area contributed by atoms with Gasteiger partial charge in [-0.25, -0.2) is 0 Å². The summed E-state index contributed by atoms with van der Waals surface area (Å²) in [6, 6.07) is 12.3. The van der Waals surface area contributed by atoms with Crippen molar-refractivity contribution in [1.29, 1.82) is 0 Å². The van der Waals surface area contributed by atoms with Gasteiger partial charge in [-0.2, -0.15) is 0 Å². The summed E-state index contributed by atoms with van der Waals surface area (Å²) in [5, 5.41) is 7.38. The average Bonchev–Trinajstić information content (AvgIpc) is 3.32. The lowest BCUT2D eigenvalue weighted by Crippen LogP contribution is -2.47. The second kappa shape index (κ2) is 14.6. The quantitative estimate of drug-likeness (QED) is 0.252. The Balaban J connectivity index is 0.00000363. The van der Waals surface area contributed by atoms with Crippen LogP contribution in [0.3, 0.4) is 0 Å². The van der Waals surface area contributed by atoms with Crippen LogP contribution in [0.2, 0.25) is 0 Å². The molecular formula is C24H36IN3O3S. The molecule has 1 aromatic heterocycles. The van der Waals surface area contributed by atoms with Crippen LogP contribution in [0.15, 0.2) is 52.1 Å². The first-order valence-corrected chi connectivity index (χ1v) is 12.6. The van der Waals surface area contributed by atoms with E-state index in [9.17, 15) is 4.21 Å². The first kappa shape index (κ1) is 26.7. The van der Waals surface area contributed by atoms with Gasteiger partial charge in [-0.15, -0.1) is 24.0 Å². The van der Waals surface area contributed by atoms with Crippen molar-refractivity contribution in [2.24, 2.45) is 4.99 Å². The minimum Gasteiger partial charge on any atom is -0.497 e. The van der Waals surface area contributed by atoms with Crippen molar-refractivity contribution in [3.63, 3.8) is 0 Å². The molecule has 1 aliphatic carbocycles. The predicted octanol–water partition coefficient (Wildman–Crippen LogP) is 4.31. The minimum atomic E-state index is -0.731. The number of methoxy groups -OCH3 is 1. The molecule has 1 aromatic carbocycles. The smallest absolute Gasteiger partial charge is 0.191 e. The highest BCUT2D eigenvalue weighted by atomic mass is 127. The van der Waals surface area contributed by atoms with Crippen LogP contribution in [-0.2, 0) is 23.6 Å². The van der Waals surface area contributed by atoms with Crippen LogP contribution in [0.4, 0.5) is 0 Å². The fraction of sp³-hybridized carbons (Fsp3) is 0.542. The van der Waals surface area contributed by atoms with E-state index in [-0.39, 0.29) is 24.0 Å². The van der Waals surface area contributed by atoms with Gasteiger partial charge < -0.3 is 19.8 Å². The highest BCUT2D eigenvalue weighted by Crippen LogP contribution is 2.23. The van der Waals surface area contributed by atoms with Crippen LogP contribution in [0.25, 0.3) is 0 Å². The van der Waals surface area contributed by atoms with E-state index < -0.39 is 10.8 Å². The van der Waals surface area contributed by atoms with E-state index in [0.717, 1.165) is 68.3 Å².